The molecule has 21 nitrogen and oxygen atoms in total. The molecule has 0 aliphatic carbocycles. The van der Waals surface area contributed by atoms with Gasteiger partial charge in [-0.1, -0.05) is 0 Å². The first-order valence-corrected chi connectivity index (χ1v) is 13.9. The Morgan fingerprint density at radius 3 is 2.38 bits per heavy atom. The van der Waals surface area contributed by atoms with Crippen molar-refractivity contribution in [1.29, 1.82) is 0 Å². The van der Waals surface area contributed by atoms with Gasteiger partial charge in [0.15, 0.2) is 23.7 Å². The molecule has 2 fully saturated rings. The standard InChI is InChI=1S/C16H26N6O15P2/c17-6-10(26)8(24)4(1-23)35-15(6)36-39(31,32)37-38(29,30)33-2-5-9(25)11(27)14(34-5)22-3-19-7-12(22)20-16(18)21-13(7)28/h3-6,8-11,14-15,23-27H,1-2,17H2,(H,29,30)(H,31,32)(H3,18,20,21,28)/t4-,5-,6-,8-,9-,10-,11-,14-,15-/m1/s1. The monoisotopic (exact) mass is 604 g/mol. The molecule has 11 atom stereocenters. The van der Waals surface area contributed by atoms with Gasteiger partial charge < -0.3 is 56.3 Å². The highest BCUT2D eigenvalue weighted by molar-refractivity contribution is 7.61. The van der Waals surface area contributed by atoms with Crippen molar-refractivity contribution in [3.63, 3.8) is 0 Å². The van der Waals surface area contributed by atoms with Crippen LogP contribution in [0.4, 0.5) is 5.95 Å². The molecule has 2 aromatic rings. The summed E-state index contributed by atoms with van der Waals surface area (Å²) < 4.78 is 49.5. The van der Waals surface area contributed by atoms with E-state index in [1.54, 1.807) is 0 Å². The van der Waals surface area contributed by atoms with E-state index < -0.39 is 89.6 Å². The quantitative estimate of drug-likeness (QED) is 0.120. The summed E-state index contributed by atoms with van der Waals surface area (Å²) in [5.74, 6) is -0.270. The van der Waals surface area contributed by atoms with Crippen LogP contribution in [0.3, 0.4) is 0 Å². The fourth-order valence-corrected chi connectivity index (χ4v) is 6.07. The van der Waals surface area contributed by atoms with Gasteiger partial charge >= 0.3 is 15.6 Å². The zero-order valence-corrected chi connectivity index (χ0v) is 21.3. The van der Waals surface area contributed by atoms with Crippen LogP contribution in [0.15, 0.2) is 11.1 Å². The molecule has 2 saturated heterocycles. The zero-order valence-electron chi connectivity index (χ0n) is 19.5. The average Bonchev–Trinajstić information content (AvgIpc) is 3.38. The molecular formula is C16H26N6O15P2. The van der Waals surface area contributed by atoms with E-state index >= 15 is 0 Å². The molecule has 39 heavy (non-hydrogen) atoms. The molecule has 23 heteroatoms. The lowest BCUT2D eigenvalue weighted by Gasteiger charge is -2.40. The number of nitrogens with two attached hydrogens (primary N) is 2. The Kier molecular flexibility index (Phi) is 8.60. The third-order valence-electron chi connectivity index (χ3n) is 5.84. The third-order valence-corrected chi connectivity index (χ3v) is 8.44. The molecule has 0 saturated carbocycles. The van der Waals surface area contributed by atoms with Crippen molar-refractivity contribution >= 4 is 32.8 Å². The number of nitrogens with one attached hydrogen (secondary N) is 1. The molecule has 2 aliphatic rings. The fraction of sp³-hybridized carbons (Fsp3) is 0.688. The number of aromatic amines is 1. The summed E-state index contributed by atoms with van der Waals surface area (Å²) in [5, 5.41) is 49.6. The normalized spacial score (nSPS) is 36.6. The highest BCUT2D eigenvalue weighted by atomic mass is 31.3. The molecule has 220 valence electrons. The number of imidazole rings is 1. The largest absolute Gasteiger partial charge is 0.483 e. The van der Waals surface area contributed by atoms with E-state index in [0.29, 0.717) is 0 Å². The van der Waals surface area contributed by atoms with E-state index in [9.17, 15) is 49.2 Å². The summed E-state index contributed by atoms with van der Waals surface area (Å²) in [5.41, 5.74) is 10.2. The number of hydrogen-bond donors (Lipinski definition) is 10. The van der Waals surface area contributed by atoms with Crippen molar-refractivity contribution in [2.45, 2.75) is 55.2 Å². The van der Waals surface area contributed by atoms with Gasteiger partial charge in [0.25, 0.3) is 5.56 Å². The molecular weight excluding hydrogens is 578 g/mol. The maximum atomic E-state index is 12.3. The van der Waals surface area contributed by atoms with Gasteiger partial charge in [-0.05, 0) is 0 Å². The number of ether oxygens (including phenoxy) is 2. The molecule has 0 radical (unpaired) electrons. The Hall–Kier alpha value is -1.91. The number of rotatable bonds is 9. The Morgan fingerprint density at radius 1 is 1.05 bits per heavy atom. The molecule has 0 amide bonds. The van der Waals surface area contributed by atoms with Gasteiger partial charge in [-0.15, -0.1) is 0 Å². The maximum Gasteiger partial charge on any atom is 0.483 e. The number of H-pyrrole nitrogens is 1. The van der Waals surface area contributed by atoms with Gasteiger partial charge in [0.05, 0.1) is 25.6 Å². The molecule has 2 aromatic heterocycles. The van der Waals surface area contributed by atoms with Gasteiger partial charge in [0, 0.05) is 0 Å². The molecule has 2 aliphatic heterocycles. The van der Waals surface area contributed by atoms with E-state index in [2.05, 4.69) is 28.3 Å². The van der Waals surface area contributed by atoms with Gasteiger partial charge in [-0.2, -0.15) is 9.29 Å². The number of hydrogen-bond acceptors (Lipinski definition) is 17. The summed E-state index contributed by atoms with van der Waals surface area (Å²) in [7, 11) is -11.0. The second kappa shape index (κ2) is 11.2. The number of aromatic nitrogens is 4. The minimum absolute atomic E-state index is 0.104. The van der Waals surface area contributed by atoms with Crippen LogP contribution in [0.1, 0.15) is 6.23 Å². The van der Waals surface area contributed by atoms with Crippen LogP contribution in [-0.2, 0) is 32.0 Å². The van der Waals surface area contributed by atoms with Crippen molar-refractivity contribution in [2.75, 3.05) is 18.9 Å². The minimum atomic E-state index is -5.52. The van der Waals surface area contributed by atoms with Crippen LogP contribution < -0.4 is 17.0 Å². The van der Waals surface area contributed by atoms with E-state index in [1.807, 2.05) is 0 Å². The Bertz CT molecular complexity index is 1340. The third kappa shape index (κ3) is 6.22. The van der Waals surface area contributed by atoms with E-state index in [0.717, 1.165) is 10.9 Å². The lowest BCUT2D eigenvalue weighted by Crippen LogP contribution is -2.62. The summed E-state index contributed by atoms with van der Waals surface area (Å²) in [6.45, 7) is -1.81. The van der Waals surface area contributed by atoms with Crippen molar-refractivity contribution in [1.82, 2.24) is 19.5 Å². The smallest absolute Gasteiger partial charge is 0.394 e. The fourth-order valence-electron chi connectivity index (χ4n) is 3.90. The number of phosphoric acid groups is 2. The van der Waals surface area contributed by atoms with Gasteiger partial charge in [0.1, 0.15) is 36.6 Å². The predicted octanol–water partition coefficient (Wildman–Crippen LogP) is -4.66. The maximum absolute atomic E-state index is 12.3. The second-order valence-electron chi connectivity index (χ2n) is 8.53. The summed E-state index contributed by atoms with van der Waals surface area (Å²) >= 11 is 0. The first kappa shape index (κ1) is 30.1. The van der Waals surface area contributed by atoms with Crippen LogP contribution in [0.25, 0.3) is 11.2 Å². The van der Waals surface area contributed by atoms with Crippen molar-refractivity contribution < 1.29 is 67.3 Å². The predicted molar refractivity (Wildman–Crippen MR) is 122 cm³/mol. The molecule has 4 heterocycles. The molecule has 2 unspecified atom stereocenters. The Labute approximate surface area is 216 Å². The van der Waals surface area contributed by atoms with Gasteiger partial charge in [-0.25, -0.2) is 14.1 Å². The molecule has 0 bridgehead atoms. The van der Waals surface area contributed by atoms with Crippen molar-refractivity contribution in [3.05, 3.63) is 16.7 Å². The van der Waals surface area contributed by atoms with Crippen LogP contribution >= 0.6 is 15.6 Å². The van der Waals surface area contributed by atoms with Crippen LogP contribution in [0.5, 0.6) is 0 Å². The molecule has 0 aromatic carbocycles. The van der Waals surface area contributed by atoms with Crippen LogP contribution in [-0.4, -0.2) is 117 Å². The number of phosphoric ester groups is 2. The van der Waals surface area contributed by atoms with Crippen molar-refractivity contribution in [2.24, 2.45) is 5.73 Å². The second-order valence-corrected chi connectivity index (χ2v) is 11.5. The Morgan fingerprint density at radius 2 is 1.72 bits per heavy atom. The Balaban J connectivity index is 1.39. The summed E-state index contributed by atoms with van der Waals surface area (Å²) in [6, 6.07) is -1.63. The molecule has 12 N–H and O–H groups in total. The van der Waals surface area contributed by atoms with Crippen molar-refractivity contribution in [3.8, 4) is 0 Å². The van der Waals surface area contributed by atoms with E-state index in [-0.39, 0.29) is 17.1 Å². The van der Waals surface area contributed by atoms with Gasteiger partial charge in [-0.3, -0.25) is 23.4 Å². The van der Waals surface area contributed by atoms with Gasteiger partial charge in [0.2, 0.25) is 5.95 Å². The first-order valence-electron chi connectivity index (χ1n) is 11.0. The molecule has 4 rings (SSSR count). The van der Waals surface area contributed by atoms with E-state index in [4.69, 9.17) is 20.9 Å². The number of fused-ring (bicyclic) bond motifs is 1. The minimum Gasteiger partial charge on any atom is -0.394 e. The topological polar surface area (TPSA) is 338 Å². The summed E-state index contributed by atoms with van der Waals surface area (Å²) in [4.78, 5) is 41.8. The number of anilines is 1. The SMILES string of the molecule is Nc1nc2c(ncn2[C@@H]2O[C@H](COP(=O)(O)OP(=O)(O)O[C@H]3O[C@H](CO)[C@@H](O)[C@H](O)[C@H]3N)[C@@H](O)[C@H]2O)c(=O)[nH]1. The first-order chi connectivity index (χ1) is 18.1. The van der Waals surface area contributed by atoms with Crippen LogP contribution in [0, 0.1) is 0 Å². The highest BCUT2D eigenvalue weighted by Crippen LogP contribution is 2.61. The number of nitrogens with zero attached hydrogens (tertiary/aromatic N) is 3. The molecule has 0 spiro atoms. The van der Waals surface area contributed by atoms with E-state index in [1.165, 1.54) is 0 Å². The zero-order chi connectivity index (χ0) is 28.9. The highest BCUT2D eigenvalue weighted by Gasteiger charge is 2.49. The lowest BCUT2D eigenvalue weighted by atomic mass is 9.98. The summed E-state index contributed by atoms with van der Waals surface area (Å²) in [6.07, 6.45) is -12.1. The number of aliphatic hydroxyl groups is 5. The number of nitrogen functional groups attached to an aromatic ring is 1. The number of aliphatic hydroxyl groups excluding tert-OH is 5. The van der Waals surface area contributed by atoms with Crippen LogP contribution in [0.2, 0.25) is 0 Å². The lowest BCUT2D eigenvalue weighted by molar-refractivity contribution is -0.242. The average molecular weight is 604 g/mol.